The molecule has 6 heteroatoms. The first-order chi connectivity index (χ1) is 8.04. The van der Waals surface area contributed by atoms with Crippen molar-refractivity contribution in [3.8, 4) is 5.75 Å². The van der Waals surface area contributed by atoms with Gasteiger partial charge in [0.2, 0.25) is 12.0 Å². The molecule has 0 aliphatic heterocycles. The van der Waals surface area contributed by atoms with E-state index in [1.54, 1.807) is 6.07 Å². The van der Waals surface area contributed by atoms with Gasteiger partial charge in [0, 0.05) is 19.1 Å². The summed E-state index contributed by atoms with van der Waals surface area (Å²) in [5.41, 5.74) is -0.186. The normalized spacial score (nSPS) is 11.4. The number of carbonyl (C=O) groups excluding carboxylic acids is 1. The molecule has 0 aromatic heterocycles. The lowest BCUT2D eigenvalue weighted by Crippen LogP contribution is -2.19. The Balaban J connectivity index is 2.77. The van der Waals surface area contributed by atoms with Crippen molar-refractivity contribution in [2.75, 3.05) is 0 Å². The van der Waals surface area contributed by atoms with Crippen LogP contribution < -0.4 is 4.74 Å². The molecular weight excluding hydrogens is 226 g/mol. The highest BCUT2D eigenvalue weighted by Gasteiger charge is 2.17. The van der Waals surface area contributed by atoms with Crippen molar-refractivity contribution in [2.45, 2.75) is 13.2 Å². The first kappa shape index (κ1) is 12.7. The molecule has 1 atom stereocenters. The molecule has 1 aromatic carbocycles. The van der Waals surface area contributed by atoms with Crippen LogP contribution in [0, 0.1) is 10.1 Å². The highest BCUT2D eigenvalue weighted by molar-refractivity contribution is 5.81. The van der Waals surface area contributed by atoms with Gasteiger partial charge in [0.15, 0.2) is 0 Å². The molecule has 17 heavy (non-hydrogen) atoms. The zero-order valence-corrected chi connectivity index (χ0v) is 9.16. The third-order valence-electron chi connectivity index (χ3n) is 1.80. The molecule has 0 aliphatic rings. The second-order valence-corrected chi connectivity index (χ2v) is 3.05. The summed E-state index contributed by atoms with van der Waals surface area (Å²) in [5.74, 6) is -0.613. The Hall–Kier alpha value is -2.37. The number of esters is 1. The number of nitro groups is 1. The quantitative estimate of drug-likeness (QED) is 0.257. The van der Waals surface area contributed by atoms with Gasteiger partial charge >= 0.3 is 11.7 Å². The van der Waals surface area contributed by atoms with Crippen LogP contribution >= 0.6 is 0 Å². The third kappa shape index (κ3) is 3.60. The van der Waals surface area contributed by atoms with Crippen molar-refractivity contribution in [1.29, 1.82) is 0 Å². The van der Waals surface area contributed by atoms with Crippen LogP contribution in [0.4, 0.5) is 5.69 Å². The van der Waals surface area contributed by atoms with E-state index in [0.29, 0.717) is 0 Å². The minimum atomic E-state index is -0.929. The standard InChI is InChI=1S/C11H11NO5/c1-3-11(13)17-8(2)16-10-7-5-4-6-9(10)12(14)15/h3-8H,1H2,2H3. The maximum atomic E-state index is 10.9. The molecule has 0 N–H and O–H groups in total. The molecule has 90 valence electrons. The van der Waals surface area contributed by atoms with Crippen molar-refractivity contribution in [3.05, 3.63) is 47.0 Å². The molecular formula is C11H11NO5. The van der Waals surface area contributed by atoms with Crippen molar-refractivity contribution >= 4 is 11.7 Å². The van der Waals surface area contributed by atoms with Crippen molar-refractivity contribution in [3.63, 3.8) is 0 Å². The van der Waals surface area contributed by atoms with Crippen LogP contribution in [0.15, 0.2) is 36.9 Å². The average molecular weight is 237 g/mol. The zero-order valence-electron chi connectivity index (χ0n) is 9.16. The molecule has 0 saturated heterocycles. The van der Waals surface area contributed by atoms with E-state index in [0.717, 1.165) is 6.08 Å². The third-order valence-corrected chi connectivity index (χ3v) is 1.80. The number of para-hydroxylation sites is 2. The first-order valence-corrected chi connectivity index (χ1v) is 4.77. The lowest BCUT2D eigenvalue weighted by Gasteiger charge is -2.13. The fourth-order valence-corrected chi connectivity index (χ4v) is 1.12. The lowest BCUT2D eigenvalue weighted by atomic mass is 10.3. The predicted molar refractivity (Wildman–Crippen MR) is 59.5 cm³/mol. The van der Waals surface area contributed by atoms with E-state index < -0.39 is 17.2 Å². The number of hydrogen-bond donors (Lipinski definition) is 0. The molecule has 0 saturated carbocycles. The number of hydrogen-bond acceptors (Lipinski definition) is 5. The van der Waals surface area contributed by atoms with Crippen molar-refractivity contribution in [2.24, 2.45) is 0 Å². The molecule has 0 spiro atoms. The molecule has 0 radical (unpaired) electrons. The summed E-state index contributed by atoms with van der Waals surface area (Å²) >= 11 is 0. The topological polar surface area (TPSA) is 78.7 Å². The van der Waals surface area contributed by atoms with Crippen molar-refractivity contribution in [1.82, 2.24) is 0 Å². The number of nitrogens with zero attached hydrogens (tertiary/aromatic N) is 1. The maximum absolute atomic E-state index is 10.9. The Morgan fingerprint density at radius 2 is 2.18 bits per heavy atom. The summed E-state index contributed by atoms with van der Waals surface area (Å²) in [7, 11) is 0. The Morgan fingerprint density at radius 1 is 1.53 bits per heavy atom. The van der Waals surface area contributed by atoms with Gasteiger partial charge in [-0.2, -0.15) is 0 Å². The summed E-state index contributed by atoms with van der Waals surface area (Å²) in [5, 5.41) is 10.7. The number of nitro benzene ring substituents is 1. The fourth-order valence-electron chi connectivity index (χ4n) is 1.12. The zero-order chi connectivity index (χ0) is 12.8. The van der Waals surface area contributed by atoms with Gasteiger partial charge in [0.1, 0.15) is 0 Å². The Bertz CT molecular complexity index is 443. The van der Waals surface area contributed by atoms with Gasteiger partial charge in [0.05, 0.1) is 4.92 Å². The number of rotatable bonds is 5. The van der Waals surface area contributed by atoms with Crippen LogP contribution in [-0.4, -0.2) is 17.2 Å². The number of benzene rings is 1. The first-order valence-electron chi connectivity index (χ1n) is 4.77. The molecule has 0 fully saturated rings. The Kier molecular flexibility index (Phi) is 4.21. The van der Waals surface area contributed by atoms with Gasteiger partial charge in [0.25, 0.3) is 0 Å². The summed E-state index contributed by atoms with van der Waals surface area (Å²) in [6, 6.07) is 5.84. The monoisotopic (exact) mass is 237 g/mol. The molecule has 6 nitrogen and oxygen atoms in total. The maximum Gasteiger partial charge on any atom is 0.333 e. The Morgan fingerprint density at radius 3 is 2.76 bits per heavy atom. The fraction of sp³-hybridized carbons (Fsp3) is 0.182. The van der Waals surface area contributed by atoms with Gasteiger partial charge in [-0.25, -0.2) is 4.79 Å². The van der Waals surface area contributed by atoms with Crippen molar-refractivity contribution < 1.29 is 19.2 Å². The molecule has 1 unspecified atom stereocenters. The van der Waals surface area contributed by atoms with Gasteiger partial charge in [-0.3, -0.25) is 10.1 Å². The van der Waals surface area contributed by atoms with E-state index in [9.17, 15) is 14.9 Å². The van der Waals surface area contributed by atoms with E-state index in [2.05, 4.69) is 6.58 Å². The lowest BCUT2D eigenvalue weighted by molar-refractivity contribution is -0.386. The molecule has 1 aromatic rings. The van der Waals surface area contributed by atoms with Crippen LogP contribution in [0.5, 0.6) is 5.75 Å². The van der Waals surface area contributed by atoms with Crippen LogP contribution in [0.3, 0.4) is 0 Å². The van der Waals surface area contributed by atoms with E-state index in [1.165, 1.54) is 25.1 Å². The average Bonchev–Trinajstić information content (AvgIpc) is 2.29. The smallest absolute Gasteiger partial charge is 0.333 e. The van der Waals surface area contributed by atoms with Crippen LogP contribution in [-0.2, 0) is 9.53 Å². The number of carbonyl (C=O) groups is 1. The Labute approximate surface area is 97.6 Å². The predicted octanol–water partition coefficient (Wildman–Crippen LogP) is 2.05. The molecule has 1 rings (SSSR count). The van der Waals surface area contributed by atoms with Gasteiger partial charge in [-0.05, 0) is 6.07 Å². The van der Waals surface area contributed by atoms with E-state index in [4.69, 9.17) is 9.47 Å². The number of ether oxygens (including phenoxy) is 2. The second kappa shape index (κ2) is 5.64. The van der Waals surface area contributed by atoms with E-state index in [-0.39, 0.29) is 11.4 Å². The summed E-state index contributed by atoms with van der Waals surface area (Å²) in [4.78, 5) is 21.0. The van der Waals surface area contributed by atoms with E-state index in [1.807, 2.05) is 0 Å². The van der Waals surface area contributed by atoms with E-state index >= 15 is 0 Å². The minimum absolute atomic E-state index is 0.0434. The SMILES string of the molecule is C=CC(=O)OC(C)Oc1ccccc1[N+](=O)[O-]. The van der Waals surface area contributed by atoms with Crippen LogP contribution in [0.2, 0.25) is 0 Å². The molecule has 0 amide bonds. The van der Waals surface area contributed by atoms with Gasteiger partial charge < -0.3 is 9.47 Å². The summed E-state index contributed by atoms with van der Waals surface area (Å²) < 4.78 is 9.88. The highest BCUT2D eigenvalue weighted by atomic mass is 16.7. The molecule has 0 heterocycles. The largest absolute Gasteiger partial charge is 0.448 e. The van der Waals surface area contributed by atoms with Gasteiger partial charge in [-0.1, -0.05) is 18.7 Å². The summed E-state index contributed by atoms with van der Waals surface area (Å²) in [6.45, 7) is 4.68. The minimum Gasteiger partial charge on any atom is -0.448 e. The summed E-state index contributed by atoms with van der Waals surface area (Å²) in [6.07, 6.45) is 0.0563. The highest BCUT2D eigenvalue weighted by Crippen LogP contribution is 2.26. The van der Waals surface area contributed by atoms with Crippen LogP contribution in [0.25, 0.3) is 0 Å². The molecule has 0 aliphatic carbocycles. The van der Waals surface area contributed by atoms with Gasteiger partial charge in [-0.15, -0.1) is 0 Å². The van der Waals surface area contributed by atoms with Crippen LogP contribution in [0.1, 0.15) is 6.92 Å². The molecule has 0 bridgehead atoms. The second-order valence-electron chi connectivity index (χ2n) is 3.05.